The molecule has 0 saturated heterocycles. The highest BCUT2D eigenvalue weighted by Gasteiger charge is 2.13. The predicted octanol–water partition coefficient (Wildman–Crippen LogP) is 4.22. The van der Waals surface area contributed by atoms with Crippen molar-refractivity contribution in [1.29, 1.82) is 0 Å². The Morgan fingerprint density at radius 2 is 1.85 bits per heavy atom. The zero-order valence-corrected chi connectivity index (χ0v) is 17.6. The molecule has 1 N–H and O–H groups in total. The lowest BCUT2D eigenvalue weighted by molar-refractivity contribution is -0.384. The normalized spacial score (nSPS) is 10.8. The fourth-order valence-corrected chi connectivity index (χ4v) is 3.15. The molecule has 0 aliphatic heterocycles. The van der Waals surface area contributed by atoms with E-state index in [9.17, 15) is 14.9 Å². The van der Waals surface area contributed by atoms with Gasteiger partial charge in [0, 0.05) is 35.0 Å². The van der Waals surface area contributed by atoms with Gasteiger partial charge in [-0.05, 0) is 42.5 Å². The molecule has 0 unspecified atom stereocenters. The van der Waals surface area contributed by atoms with Gasteiger partial charge in [0.2, 0.25) is 0 Å². The molecule has 0 bridgehead atoms. The number of nitrogens with zero attached hydrogens (tertiary/aromatic N) is 4. The Kier molecular flexibility index (Phi) is 6.21. The Morgan fingerprint density at radius 1 is 1.09 bits per heavy atom. The van der Waals surface area contributed by atoms with Gasteiger partial charge < -0.3 is 4.74 Å². The first-order chi connectivity index (χ1) is 16.0. The number of rotatable bonds is 7. The van der Waals surface area contributed by atoms with Crippen molar-refractivity contribution < 1.29 is 14.5 Å². The molecule has 9 nitrogen and oxygen atoms in total. The standard InChI is InChI=1S/C24H19N5O4/c1-33-22-12-10-17(11-13-22)23-19(16-28(27-23)20-7-3-2-4-8-20)15-25-26-24(30)18-6-5-9-21(14-18)29(31)32/h2-16H,1H3,(H,26,30)/b25-15-. The topological polar surface area (TPSA) is 112 Å². The number of nitrogens with one attached hydrogen (secondary N) is 1. The summed E-state index contributed by atoms with van der Waals surface area (Å²) >= 11 is 0. The molecule has 4 aromatic rings. The number of para-hydroxylation sites is 1. The van der Waals surface area contributed by atoms with Gasteiger partial charge in [0.05, 0.1) is 23.9 Å². The summed E-state index contributed by atoms with van der Waals surface area (Å²) in [7, 11) is 1.60. The van der Waals surface area contributed by atoms with Crippen molar-refractivity contribution in [1.82, 2.24) is 15.2 Å². The van der Waals surface area contributed by atoms with Crippen molar-refractivity contribution in [3.8, 4) is 22.7 Å². The minimum absolute atomic E-state index is 0.136. The Bertz CT molecular complexity index is 1310. The maximum Gasteiger partial charge on any atom is 0.271 e. The van der Waals surface area contributed by atoms with E-state index in [0.29, 0.717) is 11.3 Å². The number of nitro benzene ring substituents is 1. The highest BCUT2D eigenvalue weighted by molar-refractivity contribution is 5.96. The van der Waals surface area contributed by atoms with Crippen LogP contribution >= 0.6 is 0 Å². The van der Waals surface area contributed by atoms with Crippen LogP contribution < -0.4 is 10.2 Å². The van der Waals surface area contributed by atoms with Gasteiger partial charge in [-0.1, -0.05) is 24.3 Å². The third-order valence-corrected chi connectivity index (χ3v) is 4.82. The lowest BCUT2D eigenvalue weighted by atomic mass is 10.1. The van der Waals surface area contributed by atoms with Crippen molar-refractivity contribution in [2.45, 2.75) is 0 Å². The number of aromatic nitrogens is 2. The van der Waals surface area contributed by atoms with Crippen LogP contribution in [0.2, 0.25) is 0 Å². The summed E-state index contributed by atoms with van der Waals surface area (Å²) in [5.41, 5.74) is 5.42. The molecule has 164 valence electrons. The van der Waals surface area contributed by atoms with Crippen molar-refractivity contribution in [2.75, 3.05) is 7.11 Å². The minimum atomic E-state index is -0.559. The Labute approximate surface area is 189 Å². The lowest BCUT2D eigenvalue weighted by Crippen LogP contribution is -2.17. The molecule has 3 aromatic carbocycles. The van der Waals surface area contributed by atoms with E-state index in [0.717, 1.165) is 17.0 Å². The van der Waals surface area contributed by atoms with E-state index in [-0.39, 0.29) is 11.3 Å². The number of nitro groups is 1. The second-order valence-electron chi connectivity index (χ2n) is 6.95. The number of benzene rings is 3. The number of ether oxygens (including phenoxy) is 1. The highest BCUT2D eigenvalue weighted by atomic mass is 16.6. The molecule has 0 aliphatic rings. The highest BCUT2D eigenvalue weighted by Crippen LogP contribution is 2.25. The fourth-order valence-electron chi connectivity index (χ4n) is 3.15. The summed E-state index contributed by atoms with van der Waals surface area (Å²) in [4.78, 5) is 22.8. The largest absolute Gasteiger partial charge is 0.497 e. The average Bonchev–Trinajstić information content (AvgIpc) is 3.29. The molecule has 0 fully saturated rings. The van der Waals surface area contributed by atoms with Crippen molar-refractivity contribution in [2.24, 2.45) is 5.10 Å². The summed E-state index contributed by atoms with van der Waals surface area (Å²) in [6.07, 6.45) is 3.29. The van der Waals surface area contributed by atoms with Crippen LogP contribution in [0, 0.1) is 10.1 Å². The van der Waals surface area contributed by atoms with E-state index in [1.54, 1.807) is 18.0 Å². The monoisotopic (exact) mass is 441 g/mol. The third-order valence-electron chi connectivity index (χ3n) is 4.82. The van der Waals surface area contributed by atoms with Crippen LogP contribution in [0.15, 0.2) is 90.2 Å². The molecule has 1 amide bonds. The summed E-state index contributed by atoms with van der Waals surface area (Å²) in [5.74, 6) is 0.164. The molecule has 0 atom stereocenters. The van der Waals surface area contributed by atoms with Crippen LogP contribution in [0.5, 0.6) is 5.75 Å². The number of hydrogen-bond acceptors (Lipinski definition) is 6. The van der Waals surface area contributed by atoms with Gasteiger partial charge in [0.1, 0.15) is 11.4 Å². The first-order valence-electron chi connectivity index (χ1n) is 9.92. The number of carbonyl (C=O) groups is 1. The maximum atomic E-state index is 12.4. The van der Waals surface area contributed by atoms with Gasteiger partial charge >= 0.3 is 0 Å². The van der Waals surface area contributed by atoms with E-state index >= 15 is 0 Å². The van der Waals surface area contributed by atoms with Crippen molar-refractivity contribution in [3.63, 3.8) is 0 Å². The quantitative estimate of drug-likeness (QED) is 0.262. The number of methoxy groups -OCH3 is 1. The Morgan fingerprint density at radius 3 is 2.55 bits per heavy atom. The molecule has 0 radical (unpaired) electrons. The van der Waals surface area contributed by atoms with Crippen LogP contribution in [-0.4, -0.2) is 33.9 Å². The molecule has 1 aromatic heterocycles. The van der Waals surface area contributed by atoms with Gasteiger partial charge in [0.15, 0.2) is 0 Å². The molecule has 1 heterocycles. The molecule has 0 spiro atoms. The average molecular weight is 441 g/mol. The van der Waals surface area contributed by atoms with E-state index in [1.807, 2.05) is 54.6 Å². The minimum Gasteiger partial charge on any atom is -0.497 e. The predicted molar refractivity (Wildman–Crippen MR) is 124 cm³/mol. The van der Waals surface area contributed by atoms with E-state index in [1.165, 1.54) is 30.5 Å². The van der Waals surface area contributed by atoms with Crippen molar-refractivity contribution in [3.05, 3.63) is 106 Å². The Hall–Kier alpha value is -4.79. The van der Waals surface area contributed by atoms with Crippen LogP contribution in [0.4, 0.5) is 5.69 Å². The molecule has 0 saturated carbocycles. The third kappa shape index (κ3) is 4.93. The van der Waals surface area contributed by atoms with Gasteiger partial charge in [-0.3, -0.25) is 14.9 Å². The van der Waals surface area contributed by atoms with Gasteiger partial charge in [-0.15, -0.1) is 0 Å². The van der Waals surface area contributed by atoms with Crippen LogP contribution in [0.1, 0.15) is 15.9 Å². The van der Waals surface area contributed by atoms with Crippen LogP contribution in [0.3, 0.4) is 0 Å². The maximum absolute atomic E-state index is 12.4. The van der Waals surface area contributed by atoms with Crippen molar-refractivity contribution >= 4 is 17.8 Å². The summed E-state index contributed by atoms with van der Waals surface area (Å²) in [5, 5.41) is 19.7. The summed E-state index contributed by atoms with van der Waals surface area (Å²) < 4.78 is 6.95. The number of hydrogen-bond donors (Lipinski definition) is 1. The molecular formula is C24H19N5O4. The lowest BCUT2D eigenvalue weighted by Gasteiger charge is -2.03. The number of non-ortho nitro benzene ring substituents is 1. The van der Waals surface area contributed by atoms with E-state index in [4.69, 9.17) is 9.84 Å². The van der Waals surface area contributed by atoms with E-state index in [2.05, 4.69) is 10.5 Å². The van der Waals surface area contributed by atoms with Crippen LogP contribution in [-0.2, 0) is 0 Å². The molecule has 9 heteroatoms. The van der Waals surface area contributed by atoms with Gasteiger partial charge in [0.25, 0.3) is 11.6 Å². The molecule has 4 rings (SSSR count). The van der Waals surface area contributed by atoms with Gasteiger partial charge in [-0.25, -0.2) is 10.1 Å². The second-order valence-corrected chi connectivity index (χ2v) is 6.95. The number of hydrazone groups is 1. The Balaban J connectivity index is 1.62. The summed E-state index contributed by atoms with van der Waals surface area (Å²) in [6.45, 7) is 0. The SMILES string of the molecule is COc1ccc(-c2nn(-c3ccccc3)cc2/C=N\NC(=O)c2cccc([N+](=O)[O-])c2)cc1. The number of carbonyl (C=O) groups excluding carboxylic acids is 1. The van der Waals surface area contributed by atoms with Crippen LogP contribution in [0.25, 0.3) is 16.9 Å². The van der Waals surface area contributed by atoms with E-state index < -0.39 is 10.8 Å². The van der Waals surface area contributed by atoms with Gasteiger partial charge in [-0.2, -0.15) is 10.2 Å². The molecule has 0 aliphatic carbocycles. The molecular weight excluding hydrogens is 422 g/mol. The summed E-state index contributed by atoms with van der Waals surface area (Å²) in [6, 6.07) is 22.5. The zero-order chi connectivity index (χ0) is 23.2. The second kappa shape index (κ2) is 9.56. The zero-order valence-electron chi connectivity index (χ0n) is 17.6. The smallest absolute Gasteiger partial charge is 0.271 e. The fraction of sp³-hybridized carbons (Fsp3) is 0.0417. The first-order valence-corrected chi connectivity index (χ1v) is 9.92. The molecule has 33 heavy (non-hydrogen) atoms. The number of amides is 1. The first kappa shape index (κ1) is 21.4.